The highest BCUT2D eigenvalue weighted by Gasteiger charge is 2.75. The van der Waals surface area contributed by atoms with E-state index in [0.717, 1.165) is 30.6 Å². The summed E-state index contributed by atoms with van der Waals surface area (Å²) in [4.78, 5) is 27.7. The molecule has 0 N–H and O–H groups in total. The number of hydrogen-bond acceptors (Lipinski definition) is 8. The first-order chi connectivity index (χ1) is 22.1. The molecule has 7 rings (SSSR count). The van der Waals surface area contributed by atoms with E-state index >= 15 is 0 Å². The van der Waals surface area contributed by atoms with Gasteiger partial charge >= 0.3 is 11.9 Å². The summed E-state index contributed by atoms with van der Waals surface area (Å²) in [5.74, 6) is -0.203. The van der Waals surface area contributed by atoms with Gasteiger partial charge in [0.05, 0.1) is 23.3 Å². The molecule has 1 spiro atoms. The average molecular weight is 645 g/mol. The highest BCUT2D eigenvalue weighted by Crippen LogP contribution is 2.67. The number of benzene rings is 3. The third-order valence-corrected chi connectivity index (χ3v) is 12.5. The third kappa shape index (κ3) is 4.84. The minimum absolute atomic E-state index is 0.134. The van der Waals surface area contributed by atoms with E-state index in [1.165, 1.54) is 23.7 Å². The molecular weight excluding hydrogens is 604 g/mol. The van der Waals surface area contributed by atoms with E-state index in [2.05, 4.69) is 17.0 Å². The first kappa shape index (κ1) is 30.9. The molecule has 2 aliphatic heterocycles. The van der Waals surface area contributed by atoms with Gasteiger partial charge in [-0.1, -0.05) is 66.7 Å². The number of sulfonamides is 1. The Labute approximate surface area is 270 Å². The van der Waals surface area contributed by atoms with Crippen LogP contribution in [0.4, 0.5) is 0 Å². The van der Waals surface area contributed by atoms with Crippen LogP contribution in [0.15, 0.2) is 72.8 Å². The predicted octanol–water partition coefficient (Wildman–Crippen LogP) is 4.41. The molecule has 1 saturated heterocycles. The Morgan fingerprint density at radius 2 is 1.65 bits per heavy atom. The maximum Gasteiger partial charge on any atom is 0.308 e. The Bertz CT molecular complexity index is 1770. The van der Waals surface area contributed by atoms with Crippen LogP contribution in [0, 0.1) is 0 Å². The zero-order chi connectivity index (χ0) is 32.3. The molecule has 4 aliphatic rings. The van der Waals surface area contributed by atoms with Gasteiger partial charge in [-0.2, -0.15) is 4.31 Å². The zero-order valence-corrected chi connectivity index (χ0v) is 27.3. The fourth-order valence-electron chi connectivity index (χ4n) is 8.91. The SMILES string of the molecule is CC(=O)Oc1ccc2c3c1O[C@H]1[C@@H](N(C)S(=O)(=O)Cc4ccccc4)CC[C@@]4(OC(C)=O)[C@@H](C2)N(CCc2ccccc2)CC[C@]314. The predicted molar refractivity (Wildman–Crippen MR) is 172 cm³/mol. The molecular formula is C36H40N2O7S. The lowest BCUT2D eigenvalue weighted by atomic mass is 9.48. The van der Waals surface area contributed by atoms with Crippen LogP contribution in [-0.2, 0) is 48.4 Å². The Hall–Kier alpha value is -3.73. The molecule has 0 amide bonds. The minimum Gasteiger partial charge on any atom is -0.483 e. The number of esters is 2. The van der Waals surface area contributed by atoms with Gasteiger partial charge in [0, 0.05) is 33.0 Å². The molecule has 2 heterocycles. The maximum atomic E-state index is 13.9. The van der Waals surface area contributed by atoms with Crippen LogP contribution in [0.3, 0.4) is 0 Å². The lowest BCUT2D eigenvalue weighted by Gasteiger charge is -2.65. The maximum absolute atomic E-state index is 13.9. The Balaban J connectivity index is 1.34. The summed E-state index contributed by atoms with van der Waals surface area (Å²) in [6, 6.07) is 22.6. The van der Waals surface area contributed by atoms with Gasteiger partial charge in [0.2, 0.25) is 10.0 Å². The minimum atomic E-state index is -3.75. The van der Waals surface area contributed by atoms with Gasteiger partial charge in [0.1, 0.15) is 11.7 Å². The summed E-state index contributed by atoms with van der Waals surface area (Å²) in [6.45, 7) is 4.32. The summed E-state index contributed by atoms with van der Waals surface area (Å²) in [5.41, 5.74) is 2.12. The first-order valence-electron chi connectivity index (χ1n) is 16.0. The Kier molecular flexibility index (Phi) is 7.73. The highest BCUT2D eigenvalue weighted by atomic mass is 32.2. The van der Waals surface area contributed by atoms with Crippen molar-refractivity contribution in [3.8, 4) is 11.5 Å². The molecule has 9 nitrogen and oxygen atoms in total. The van der Waals surface area contributed by atoms with E-state index in [4.69, 9.17) is 14.2 Å². The first-order valence-corrected chi connectivity index (χ1v) is 17.7. The van der Waals surface area contributed by atoms with Gasteiger partial charge in [-0.25, -0.2) is 8.42 Å². The second-order valence-electron chi connectivity index (χ2n) is 13.1. The topological polar surface area (TPSA) is 102 Å². The van der Waals surface area contributed by atoms with Gasteiger partial charge in [0.25, 0.3) is 0 Å². The fourth-order valence-corrected chi connectivity index (χ4v) is 10.4. The number of rotatable bonds is 9. The van der Waals surface area contributed by atoms with Crippen molar-refractivity contribution in [3.63, 3.8) is 0 Å². The second-order valence-corrected chi connectivity index (χ2v) is 15.1. The standard InChI is InChI=1S/C36H40N2O7S/c1-24(39)43-30-15-14-28-22-31-36(45-25(2)40)18-16-29(37(3)46(41,42)23-27-12-8-5-9-13-27)34-35(36,32(28)33(30)44-34)19-21-38(31)20-17-26-10-6-4-7-11-26/h4-15,29,31,34H,16-23H2,1-3H3/t29-,31+,34-,35-,36+/m0/s1. The highest BCUT2D eigenvalue weighted by molar-refractivity contribution is 7.88. The molecule has 1 saturated carbocycles. The molecule has 2 bridgehead atoms. The zero-order valence-electron chi connectivity index (χ0n) is 26.5. The van der Waals surface area contributed by atoms with Crippen molar-refractivity contribution >= 4 is 22.0 Å². The smallest absolute Gasteiger partial charge is 0.308 e. The Morgan fingerprint density at radius 3 is 2.33 bits per heavy atom. The van der Waals surface area contributed by atoms with Crippen molar-refractivity contribution in [2.24, 2.45) is 0 Å². The van der Waals surface area contributed by atoms with Crippen molar-refractivity contribution in [1.29, 1.82) is 0 Å². The number of likely N-dealkylation sites (N-methyl/N-ethyl adjacent to an activating group) is 1. The van der Waals surface area contributed by atoms with Crippen molar-refractivity contribution in [2.75, 3.05) is 20.1 Å². The molecule has 0 aromatic heterocycles. The molecule has 10 heteroatoms. The van der Waals surface area contributed by atoms with Crippen LogP contribution >= 0.6 is 0 Å². The average Bonchev–Trinajstić information content (AvgIpc) is 3.37. The van der Waals surface area contributed by atoms with Crippen LogP contribution in [0.25, 0.3) is 0 Å². The third-order valence-electron chi connectivity index (χ3n) is 10.7. The van der Waals surface area contributed by atoms with E-state index in [1.807, 2.05) is 54.6 Å². The van der Waals surface area contributed by atoms with E-state index in [-0.39, 0.29) is 17.8 Å². The molecule has 3 aromatic carbocycles. The largest absolute Gasteiger partial charge is 0.483 e. The molecule has 0 radical (unpaired) electrons. The molecule has 2 fully saturated rings. The van der Waals surface area contributed by atoms with E-state index in [9.17, 15) is 18.0 Å². The van der Waals surface area contributed by atoms with E-state index in [1.54, 1.807) is 13.1 Å². The normalized spacial score (nSPS) is 27.9. The van der Waals surface area contributed by atoms with Gasteiger partial charge in [-0.3, -0.25) is 14.5 Å². The van der Waals surface area contributed by atoms with Gasteiger partial charge in [0.15, 0.2) is 11.5 Å². The number of nitrogens with zero attached hydrogens (tertiary/aromatic N) is 2. The fraction of sp³-hybridized carbons (Fsp3) is 0.444. The second kappa shape index (κ2) is 11.5. The lowest BCUT2D eigenvalue weighted by Crippen LogP contribution is -2.79. The number of likely N-dealkylation sites (tertiary alicyclic amines) is 1. The van der Waals surface area contributed by atoms with Gasteiger partial charge in [-0.05, 0) is 61.4 Å². The van der Waals surface area contributed by atoms with Crippen LogP contribution < -0.4 is 9.47 Å². The number of carbonyl (C=O) groups excluding carboxylic acids is 2. The molecule has 242 valence electrons. The molecule has 46 heavy (non-hydrogen) atoms. The van der Waals surface area contributed by atoms with Crippen molar-refractivity contribution < 1.29 is 32.2 Å². The number of carbonyl (C=O) groups is 2. The van der Waals surface area contributed by atoms with Gasteiger partial charge < -0.3 is 14.2 Å². The van der Waals surface area contributed by atoms with Crippen LogP contribution in [0.2, 0.25) is 0 Å². The molecule has 3 aromatic rings. The quantitative estimate of drug-likeness (QED) is 0.250. The summed E-state index contributed by atoms with van der Waals surface area (Å²) < 4.78 is 48.5. The monoisotopic (exact) mass is 644 g/mol. The summed E-state index contributed by atoms with van der Waals surface area (Å²) >= 11 is 0. The van der Waals surface area contributed by atoms with Crippen LogP contribution in [0.5, 0.6) is 11.5 Å². The van der Waals surface area contributed by atoms with E-state index < -0.39 is 39.2 Å². The molecule has 5 atom stereocenters. The number of piperidine rings is 1. The van der Waals surface area contributed by atoms with Crippen LogP contribution in [-0.4, -0.2) is 73.5 Å². The summed E-state index contributed by atoms with van der Waals surface area (Å²) in [5, 5.41) is 0. The summed E-state index contributed by atoms with van der Waals surface area (Å²) in [7, 11) is -2.12. The van der Waals surface area contributed by atoms with Crippen molar-refractivity contribution in [1.82, 2.24) is 9.21 Å². The van der Waals surface area contributed by atoms with Crippen molar-refractivity contribution in [2.45, 2.75) is 80.9 Å². The van der Waals surface area contributed by atoms with Gasteiger partial charge in [-0.15, -0.1) is 0 Å². The van der Waals surface area contributed by atoms with E-state index in [0.29, 0.717) is 42.7 Å². The number of hydrogen-bond donors (Lipinski definition) is 0. The summed E-state index contributed by atoms with van der Waals surface area (Å²) in [6.07, 6.45) is 2.36. The van der Waals surface area contributed by atoms with Crippen LogP contribution in [0.1, 0.15) is 55.4 Å². The number of ether oxygens (including phenoxy) is 3. The Morgan fingerprint density at radius 1 is 0.957 bits per heavy atom. The molecule has 0 unspecified atom stereocenters. The lowest BCUT2D eigenvalue weighted by molar-refractivity contribution is -0.221. The van der Waals surface area contributed by atoms with Crippen molar-refractivity contribution in [3.05, 3.63) is 95.1 Å². The molecule has 2 aliphatic carbocycles.